The van der Waals surface area contributed by atoms with Crippen molar-refractivity contribution in [2.75, 3.05) is 13.2 Å². The molecule has 346 valence electrons. The zero-order chi connectivity index (χ0) is 42.5. The number of ether oxygens (including phenoxy) is 2. The molecule has 0 aromatic heterocycles. The van der Waals surface area contributed by atoms with E-state index in [2.05, 4.69) is 18.4 Å². The highest BCUT2D eigenvalue weighted by atomic mass is 31.2. The molecule has 0 bridgehead atoms. The Balaban J connectivity index is 3.74. The van der Waals surface area contributed by atoms with Crippen LogP contribution >= 0.6 is 7.82 Å². The van der Waals surface area contributed by atoms with Gasteiger partial charge in [-0.1, -0.05) is 258 Å². The minimum atomic E-state index is -4.75. The van der Waals surface area contributed by atoms with Gasteiger partial charge in [-0.2, -0.15) is 0 Å². The van der Waals surface area contributed by atoms with Crippen molar-refractivity contribution in [2.45, 2.75) is 290 Å². The highest BCUT2D eigenvalue weighted by Crippen LogP contribution is 2.36. The molecule has 0 aromatic carbocycles. The molecule has 0 spiro atoms. The first-order chi connectivity index (χ1) is 28.3. The van der Waals surface area contributed by atoms with Crippen molar-refractivity contribution in [2.24, 2.45) is 0 Å². The van der Waals surface area contributed by atoms with Gasteiger partial charge in [0.15, 0.2) is 6.10 Å². The first-order valence-electron chi connectivity index (χ1n) is 25.3. The molecule has 0 saturated heterocycles. The van der Waals surface area contributed by atoms with Crippen LogP contribution in [0.4, 0.5) is 0 Å². The van der Waals surface area contributed by atoms with E-state index in [0.717, 1.165) is 32.1 Å². The Morgan fingerprint density at radius 3 is 0.879 bits per heavy atom. The SMILES string of the molecule is CCCCCCCCCCCCCCCCCCCCCCCCCCC(=O)OC(COC(=O)CCCCCCCCCCCCCCCCCC)COP(=O)(O)O. The average Bonchev–Trinajstić information content (AvgIpc) is 3.20. The molecule has 8 nitrogen and oxygen atoms in total. The summed E-state index contributed by atoms with van der Waals surface area (Å²) < 4.78 is 26.5. The van der Waals surface area contributed by atoms with E-state index in [-0.39, 0.29) is 19.4 Å². The first kappa shape index (κ1) is 57.1. The maximum absolute atomic E-state index is 12.5. The summed E-state index contributed by atoms with van der Waals surface area (Å²) in [5.74, 6) is -0.861. The lowest BCUT2D eigenvalue weighted by atomic mass is 10.0. The summed E-state index contributed by atoms with van der Waals surface area (Å²) in [6, 6.07) is 0. The van der Waals surface area contributed by atoms with Crippen molar-refractivity contribution in [3.05, 3.63) is 0 Å². The number of esters is 2. The Kier molecular flexibility index (Phi) is 44.8. The fourth-order valence-corrected chi connectivity index (χ4v) is 8.21. The van der Waals surface area contributed by atoms with E-state index in [9.17, 15) is 14.2 Å². The van der Waals surface area contributed by atoms with Gasteiger partial charge in [-0.15, -0.1) is 0 Å². The Labute approximate surface area is 359 Å². The third kappa shape index (κ3) is 47.7. The molecule has 0 aromatic rings. The van der Waals surface area contributed by atoms with Crippen molar-refractivity contribution in [1.29, 1.82) is 0 Å². The molecule has 0 saturated carbocycles. The predicted octanol–water partition coefficient (Wildman–Crippen LogP) is 16.0. The third-order valence-electron chi connectivity index (χ3n) is 11.6. The van der Waals surface area contributed by atoms with Crippen molar-refractivity contribution in [3.63, 3.8) is 0 Å². The molecule has 1 atom stereocenters. The smallest absolute Gasteiger partial charge is 0.462 e. The van der Waals surface area contributed by atoms with E-state index in [1.54, 1.807) is 0 Å². The molecule has 0 aliphatic carbocycles. The minimum Gasteiger partial charge on any atom is -0.462 e. The number of phosphoric ester groups is 1. The van der Waals surface area contributed by atoms with Crippen LogP contribution in [0.15, 0.2) is 0 Å². The molecule has 2 N–H and O–H groups in total. The number of carbonyl (C=O) groups excluding carboxylic acids is 2. The molecular formula is C49H97O8P. The van der Waals surface area contributed by atoms with Crippen LogP contribution < -0.4 is 0 Å². The van der Waals surface area contributed by atoms with Gasteiger partial charge in [-0.05, 0) is 12.8 Å². The van der Waals surface area contributed by atoms with Gasteiger partial charge in [0.25, 0.3) is 0 Å². The summed E-state index contributed by atoms with van der Waals surface area (Å²) in [7, 11) is -4.75. The van der Waals surface area contributed by atoms with Crippen molar-refractivity contribution in [3.8, 4) is 0 Å². The van der Waals surface area contributed by atoms with Crippen molar-refractivity contribution >= 4 is 19.8 Å². The fraction of sp³-hybridized carbons (Fsp3) is 0.959. The van der Waals surface area contributed by atoms with Gasteiger partial charge in [0.1, 0.15) is 6.61 Å². The van der Waals surface area contributed by atoms with Gasteiger partial charge in [-0.3, -0.25) is 14.1 Å². The Morgan fingerprint density at radius 2 is 0.621 bits per heavy atom. The second kappa shape index (κ2) is 45.6. The van der Waals surface area contributed by atoms with Gasteiger partial charge in [0.05, 0.1) is 6.61 Å². The van der Waals surface area contributed by atoms with Crippen molar-refractivity contribution < 1.29 is 37.9 Å². The van der Waals surface area contributed by atoms with Gasteiger partial charge in [-0.25, -0.2) is 4.57 Å². The summed E-state index contributed by atoms with van der Waals surface area (Å²) >= 11 is 0. The number of phosphoric acid groups is 1. The largest absolute Gasteiger partial charge is 0.469 e. The number of carbonyl (C=O) groups is 2. The van der Waals surface area contributed by atoms with E-state index >= 15 is 0 Å². The van der Waals surface area contributed by atoms with Gasteiger partial charge >= 0.3 is 19.8 Å². The molecule has 1 unspecified atom stereocenters. The summed E-state index contributed by atoms with van der Waals surface area (Å²) in [5, 5.41) is 0. The first-order valence-corrected chi connectivity index (χ1v) is 26.9. The third-order valence-corrected chi connectivity index (χ3v) is 12.1. The summed E-state index contributed by atoms with van der Waals surface area (Å²) in [6.45, 7) is 3.75. The lowest BCUT2D eigenvalue weighted by Gasteiger charge is -2.18. The van der Waals surface area contributed by atoms with Crippen LogP contribution in [-0.2, 0) is 28.2 Å². The lowest BCUT2D eigenvalue weighted by Crippen LogP contribution is -2.29. The van der Waals surface area contributed by atoms with Crippen LogP contribution in [0.25, 0.3) is 0 Å². The van der Waals surface area contributed by atoms with E-state index < -0.39 is 32.5 Å². The quantitative estimate of drug-likeness (QED) is 0.0353. The molecule has 58 heavy (non-hydrogen) atoms. The van der Waals surface area contributed by atoms with Crippen molar-refractivity contribution in [1.82, 2.24) is 0 Å². The average molecular weight is 845 g/mol. The Hall–Kier alpha value is -0.950. The number of unbranched alkanes of at least 4 members (excludes halogenated alkanes) is 38. The molecule has 0 aliphatic rings. The normalized spacial score (nSPS) is 12.3. The summed E-state index contributed by atoms with van der Waals surface area (Å²) in [4.78, 5) is 43.0. The van der Waals surface area contributed by atoms with E-state index in [1.807, 2.05) is 0 Å². The monoisotopic (exact) mass is 845 g/mol. The van der Waals surface area contributed by atoms with E-state index in [1.165, 1.54) is 218 Å². The molecule has 0 heterocycles. The van der Waals surface area contributed by atoms with Crippen LogP contribution in [0.1, 0.15) is 284 Å². The van der Waals surface area contributed by atoms with Crippen LogP contribution in [0.3, 0.4) is 0 Å². The molecule has 0 radical (unpaired) electrons. The highest BCUT2D eigenvalue weighted by molar-refractivity contribution is 7.46. The minimum absolute atomic E-state index is 0.221. The number of hydrogen-bond donors (Lipinski definition) is 2. The number of rotatable bonds is 48. The zero-order valence-electron chi connectivity index (χ0n) is 38.5. The highest BCUT2D eigenvalue weighted by Gasteiger charge is 2.23. The summed E-state index contributed by atoms with van der Waals surface area (Å²) in [5.41, 5.74) is 0. The van der Waals surface area contributed by atoms with Crippen LogP contribution in [-0.4, -0.2) is 41.0 Å². The van der Waals surface area contributed by atoms with Gasteiger partial charge < -0.3 is 19.3 Å². The van der Waals surface area contributed by atoms with Gasteiger partial charge in [0.2, 0.25) is 0 Å². The fourth-order valence-electron chi connectivity index (χ4n) is 7.85. The maximum atomic E-state index is 12.5. The van der Waals surface area contributed by atoms with Gasteiger partial charge in [0, 0.05) is 12.8 Å². The second-order valence-electron chi connectivity index (χ2n) is 17.5. The molecule has 0 amide bonds. The molecule has 0 rings (SSSR count). The Morgan fingerprint density at radius 1 is 0.379 bits per heavy atom. The molecule has 9 heteroatoms. The molecule has 0 aliphatic heterocycles. The molecular weight excluding hydrogens is 748 g/mol. The topological polar surface area (TPSA) is 119 Å². The van der Waals surface area contributed by atoms with Crippen LogP contribution in [0.2, 0.25) is 0 Å². The summed E-state index contributed by atoms with van der Waals surface area (Å²) in [6.07, 6.45) is 51.3. The maximum Gasteiger partial charge on any atom is 0.469 e. The molecule has 0 fully saturated rings. The zero-order valence-corrected chi connectivity index (χ0v) is 39.4. The van der Waals surface area contributed by atoms with Crippen LogP contribution in [0.5, 0.6) is 0 Å². The van der Waals surface area contributed by atoms with E-state index in [0.29, 0.717) is 6.42 Å². The predicted molar refractivity (Wildman–Crippen MR) is 244 cm³/mol. The standard InChI is InChI=1S/C49H97O8P/c1-3-5-7-9-11-13-15-17-19-21-22-23-24-25-26-27-28-30-32-34-36-38-40-42-44-49(51)57-47(46-56-58(52,53)54)45-55-48(50)43-41-39-37-35-33-31-29-20-18-16-14-12-10-8-6-4-2/h47H,3-46H2,1-2H3,(H2,52,53,54). The van der Waals surface area contributed by atoms with E-state index in [4.69, 9.17) is 19.3 Å². The second-order valence-corrected chi connectivity index (χ2v) is 18.8. The van der Waals surface area contributed by atoms with Crippen LogP contribution in [0, 0.1) is 0 Å². The number of hydrogen-bond acceptors (Lipinski definition) is 6. The lowest BCUT2D eigenvalue weighted by molar-refractivity contribution is -0.161. The Bertz CT molecular complexity index is 909.